The minimum absolute atomic E-state index is 0.310. The Bertz CT molecular complexity index is 226. The molecule has 0 aromatic rings. The van der Waals surface area contributed by atoms with Gasteiger partial charge in [-0.25, -0.2) is 0 Å². The van der Waals surface area contributed by atoms with Crippen LogP contribution in [0.3, 0.4) is 0 Å². The summed E-state index contributed by atoms with van der Waals surface area (Å²) in [5.41, 5.74) is 0. The van der Waals surface area contributed by atoms with Gasteiger partial charge in [0, 0.05) is 32.2 Å². The summed E-state index contributed by atoms with van der Waals surface area (Å²) >= 11 is 0. The lowest BCUT2D eigenvalue weighted by atomic mass is 10.2. The zero-order chi connectivity index (χ0) is 10.7. The van der Waals surface area contributed by atoms with Crippen LogP contribution in [-0.2, 0) is 4.79 Å². The Balaban J connectivity index is 1.80. The van der Waals surface area contributed by atoms with E-state index in [2.05, 4.69) is 17.1 Å². The molecule has 0 bridgehead atoms. The van der Waals surface area contributed by atoms with Crippen molar-refractivity contribution in [3.63, 3.8) is 0 Å². The van der Waals surface area contributed by atoms with Gasteiger partial charge in [0.25, 0.3) is 0 Å². The van der Waals surface area contributed by atoms with E-state index in [1.54, 1.807) is 0 Å². The zero-order valence-corrected chi connectivity index (χ0v) is 9.54. The van der Waals surface area contributed by atoms with Crippen LogP contribution in [0.4, 0.5) is 0 Å². The van der Waals surface area contributed by atoms with Gasteiger partial charge >= 0.3 is 0 Å². The van der Waals surface area contributed by atoms with E-state index in [9.17, 15) is 4.79 Å². The standard InChI is InChI=1S/C11H21N3O/c1-10-3-2-6-14(10)9-11(15)13-7-4-12-5-8-13/h10,12H,2-9H2,1H3. The molecule has 2 heterocycles. The summed E-state index contributed by atoms with van der Waals surface area (Å²) in [7, 11) is 0. The molecule has 0 radical (unpaired) electrons. The highest BCUT2D eigenvalue weighted by atomic mass is 16.2. The molecule has 2 aliphatic heterocycles. The van der Waals surface area contributed by atoms with Crippen molar-refractivity contribution in [2.45, 2.75) is 25.8 Å². The van der Waals surface area contributed by atoms with Gasteiger partial charge in [0.2, 0.25) is 5.91 Å². The molecule has 4 heteroatoms. The van der Waals surface area contributed by atoms with Gasteiger partial charge in [-0.1, -0.05) is 0 Å². The molecule has 0 aliphatic carbocycles. The van der Waals surface area contributed by atoms with E-state index in [1.807, 2.05) is 4.90 Å². The van der Waals surface area contributed by atoms with E-state index in [-0.39, 0.29) is 0 Å². The Morgan fingerprint density at radius 1 is 1.33 bits per heavy atom. The summed E-state index contributed by atoms with van der Waals surface area (Å²) < 4.78 is 0. The molecule has 0 aromatic heterocycles. The van der Waals surface area contributed by atoms with Crippen molar-refractivity contribution in [1.82, 2.24) is 15.1 Å². The summed E-state index contributed by atoms with van der Waals surface area (Å²) in [5.74, 6) is 0.310. The van der Waals surface area contributed by atoms with Crippen LogP contribution in [0.15, 0.2) is 0 Å². The molecule has 0 spiro atoms. The van der Waals surface area contributed by atoms with Crippen molar-refractivity contribution in [2.75, 3.05) is 39.3 Å². The molecule has 2 aliphatic rings. The molecule has 0 saturated carbocycles. The largest absolute Gasteiger partial charge is 0.339 e. The van der Waals surface area contributed by atoms with E-state index in [0.717, 1.165) is 32.7 Å². The van der Waals surface area contributed by atoms with Gasteiger partial charge in [-0.3, -0.25) is 9.69 Å². The summed E-state index contributed by atoms with van der Waals surface area (Å²) in [5, 5.41) is 3.26. The number of piperazine rings is 1. The number of carbonyl (C=O) groups is 1. The maximum atomic E-state index is 12.0. The second kappa shape index (κ2) is 4.94. The minimum Gasteiger partial charge on any atom is -0.339 e. The van der Waals surface area contributed by atoms with Crippen LogP contribution < -0.4 is 5.32 Å². The molecule has 2 fully saturated rings. The maximum absolute atomic E-state index is 12.0. The minimum atomic E-state index is 0.310. The summed E-state index contributed by atoms with van der Waals surface area (Å²) in [6.45, 7) is 7.59. The van der Waals surface area contributed by atoms with E-state index in [0.29, 0.717) is 18.5 Å². The first-order valence-corrected chi connectivity index (χ1v) is 6.00. The van der Waals surface area contributed by atoms with E-state index >= 15 is 0 Å². The summed E-state index contributed by atoms with van der Waals surface area (Å²) in [6, 6.07) is 0.594. The van der Waals surface area contributed by atoms with Crippen molar-refractivity contribution >= 4 is 5.91 Å². The number of nitrogens with zero attached hydrogens (tertiary/aromatic N) is 2. The first kappa shape index (κ1) is 10.9. The van der Waals surface area contributed by atoms with Gasteiger partial charge in [-0.2, -0.15) is 0 Å². The highest BCUT2D eigenvalue weighted by molar-refractivity contribution is 5.78. The van der Waals surface area contributed by atoms with Gasteiger partial charge in [-0.15, -0.1) is 0 Å². The number of hydrogen-bond acceptors (Lipinski definition) is 3. The average Bonchev–Trinajstić information content (AvgIpc) is 2.66. The van der Waals surface area contributed by atoms with Crippen LogP contribution >= 0.6 is 0 Å². The summed E-state index contributed by atoms with van der Waals surface area (Å²) in [6.07, 6.45) is 2.49. The second-order valence-electron chi connectivity index (χ2n) is 4.59. The fourth-order valence-corrected chi connectivity index (χ4v) is 2.42. The third-order valence-electron chi connectivity index (χ3n) is 3.50. The quantitative estimate of drug-likeness (QED) is 0.693. The predicted octanol–water partition coefficient (Wildman–Crippen LogP) is -0.0975. The number of hydrogen-bond donors (Lipinski definition) is 1. The average molecular weight is 211 g/mol. The zero-order valence-electron chi connectivity index (χ0n) is 9.54. The molecule has 4 nitrogen and oxygen atoms in total. The topological polar surface area (TPSA) is 35.6 Å². The highest BCUT2D eigenvalue weighted by Crippen LogP contribution is 2.15. The van der Waals surface area contributed by atoms with Crippen LogP contribution in [-0.4, -0.2) is 61.0 Å². The van der Waals surface area contributed by atoms with Gasteiger partial charge in [0.05, 0.1) is 6.54 Å². The Morgan fingerprint density at radius 3 is 2.67 bits per heavy atom. The van der Waals surface area contributed by atoms with Crippen LogP contribution in [0, 0.1) is 0 Å². The number of likely N-dealkylation sites (tertiary alicyclic amines) is 1. The van der Waals surface area contributed by atoms with Crippen LogP contribution in [0.2, 0.25) is 0 Å². The first-order chi connectivity index (χ1) is 7.27. The third kappa shape index (κ3) is 2.69. The number of carbonyl (C=O) groups excluding carboxylic acids is 1. The lowest BCUT2D eigenvalue weighted by Crippen LogP contribution is -2.49. The van der Waals surface area contributed by atoms with Crippen LogP contribution in [0.25, 0.3) is 0 Å². The normalized spacial score (nSPS) is 28.3. The van der Waals surface area contributed by atoms with Crippen molar-refractivity contribution < 1.29 is 4.79 Å². The van der Waals surface area contributed by atoms with Gasteiger partial charge in [0.15, 0.2) is 0 Å². The molecule has 15 heavy (non-hydrogen) atoms. The fraction of sp³-hybridized carbons (Fsp3) is 0.909. The van der Waals surface area contributed by atoms with Gasteiger partial charge in [-0.05, 0) is 26.3 Å². The molecule has 0 aromatic carbocycles. The van der Waals surface area contributed by atoms with Crippen molar-refractivity contribution in [2.24, 2.45) is 0 Å². The molecule has 1 unspecified atom stereocenters. The first-order valence-electron chi connectivity index (χ1n) is 6.00. The van der Waals surface area contributed by atoms with Crippen molar-refractivity contribution in [3.8, 4) is 0 Å². The van der Waals surface area contributed by atoms with Crippen molar-refractivity contribution in [3.05, 3.63) is 0 Å². The van der Waals surface area contributed by atoms with E-state index in [1.165, 1.54) is 12.8 Å². The predicted molar refractivity (Wildman–Crippen MR) is 59.7 cm³/mol. The molecule has 1 atom stereocenters. The number of amides is 1. The third-order valence-corrected chi connectivity index (χ3v) is 3.50. The Hall–Kier alpha value is -0.610. The van der Waals surface area contributed by atoms with E-state index in [4.69, 9.17) is 0 Å². The van der Waals surface area contributed by atoms with Gasteiger partial charge < -0.3 is 10.2 Å². The number of rotatable bonds is 2. The maximum Gasteiger partial charge on any atom is 0.236 e. The molecule has 1 N–H and O–H groups in total. The molecular formula is C11H21N3O. The molecular weight excluding hydrogens is 190 g/mol. The SMILES string of the molecule is CC1CCCN1CC(=O)N1CCNCC1. The second-order valence-corrected chi connectivity index (χ2v) is 4.59. The Labute approximate surface area is 91.6 Å². The molecule has 86 valence electrons. The van der Waals surface area contributed by atoms with E-state index < -0.39 is 0 Å². The lowest BCUT2D eigenvalue weighted by molar-refractivity contribution is -0.133. The molecule has 1 amide bonds. The molecule has 2 rings (SSSR count). The van der Waals surface area contributed by atoms with Gasteiger partial charge in [0.1, 0.15) is 0 Å². The lowest BCUT2D eigenvalue weighted by Gasteiger charge is -2.30. The van der Waals surface area contributed by atoms with Crippen LogP contribution in [0.5, 0.6) is 0 Å². The van der Waals surface area contributed by atoms with Crippen LogP contribution in [0.1, 0.15) is 19.8 Å². The Kier molecular flexibility index (Phi) is 3.59. The fourth-order valence-electron chi connectivity index (χ4n) is 2.42. The monoisotopic (exact) mass is 211 g/mol. The highest BCUT2D eigenvalue weighted by Gasteiger charge is 2.25. The Morgan fingerprint density at radius 2 is 2.07 bits per heavy atom. The number of nitrogens with one attached hydrogen (secondary N) is 1. The molecule has 2 saturated heterocycles. The smallest absolute Gasteiger partial charge is 0.236 e. The van der Waals surface area contributed by atoms with Crippen molar-refractivity contribution in [1.29, 1.82) is 0 Å². The summed E-state index contributed by atoms with van der Waals surface area (Å²) in [4.78, 5) is 16.3.